The van der Waals surface area contributed by atoms with E-state index in [9.17, 15) is 23.6 Å². The maximum Gasteiger partial charge on any atom is 0.262 e. The monoisotopic (exact) mass is 388 g/mol. The average molecular weight is 388 g/mol. The Morgan fingerprint density at radius 3 is 2.43 bits per heavy atom. The molecule has 2 fully saturated rings. The van der Waals surface area contributed by atoms with Gasteiger partial charge in [0.15, 0.2) is 0 Å². The lowest BCUT2D eigenvalue weighted by atomic mass is 9.99. The molecule has 0 bridgehead atoms. The summed E-state index contributed by atoms with van der Waals surface area (Å²) in [5, 5.41) is 5.09. The summed E-state index contributed by atoms with van der Waals surface area (Å²) in [6, 6.07) is 1.24. The van der Waals surface area contributed by atoms with Gasteiger partial charge in [0.2, 0.25) is 11.8 Å². The minimum absolute atomic E-state index is 0.0313. The molecule has 9 heteroatoms. The SMILES string of the molecule is NC1(CNc2cc3c(cc2F)C(=O)N(C2CCC(=O)NC2=O)C3=O)CCCC1. The summed E-state index contributed by atoms with van der Waals surface area (Å²) in [4.78, 5) is 49.6. The van der Waals surface area contributed by atoms with E-state index < -0.39 is 41.0 Å². The molecule has 1 aliphatic carbocycles. The van der Waals surface area contributed by atoms with Gasteiger partial charge in [0.1, 0.15) is 11.9 Å². The third-order valence-corrected chi connectivity index (χ3v) is 5.76. The zero-order valence-corrected chi connectivity index (χ0v) is 15.2. The predicted molar refractivity (Wildman–Crippen MR) is 96.9 cm³/mol. The third-order valence-electron chi connectivity index (χ3n) is 5.76. The van der Waals surface area contributed by atoms with Crippen molar-refractivity contribution in [2.45, 2.75) is 50.1 Å². The number of amides is 4. The molecule has 4 rings (SSSR count). The van der Waals surface area contributed by atoms with Gasteiger partial charge in [-0.2, -0.15) is 0 Å². The van der Waals surface area contributed by atoms with Gasteiger partial charge in [0, 0.05) is 18.5 Å². The van der Waals surface area contributed by atoms with Crippen molar-refractivity contribution < 1.29 is 23.6 Å². The fourth-order valence-corrected chi connectivity index (χ4v) is 4.15. The van der Waals surface area contributed by atoms with E-state index >= 15 is 0 Å². The maximum atomic E-state index is 14.5. The standard InChI is InChI=1S/C19H21FN4O4/c20-12-7-10-11(8-13(12)22-9-19(21)5-1-2-6-19)18(28)24(17(10)27)14-3-4-15(25)23-16(14)26/h7-8,14,22H,1-6,9,21H2,(H,23,25,26). The molecule has 2 heterocycles. The molecule has 1 atom stereocenters. The van der Waals surface area contributed by atoms with Crippen LogP contribution in [0, 0.1) is 5.82 Å². The number of nitrogens with zero attached hydrogens (tertiary/aromatic N) is 1. The summed E-state index contributed by atoms with van der Waals surface area (Å²) in [7, 11) is 0. The number of fused-ring (bicyclic) bond motifs is 1. The second-order valence-corrected chi connectivity index (χ2v) is 7.75. The van der Waals surface area contributed by atoms with Crippen LogP contribution in [0.15, 0.2) is 12.1 Å². The Bertz CT molecular complexity index is 894. The van der Waals surface area contributed by atoms with Gasteiger partial charge in [-0.05, 0) is 31.4 Å². The summed E-state index contributed by atoms with van der Waals surface area (Å²) < 4.78 is 14.5. The second-order valence-electron chi connectivity index (χ2n) is 7.75. The first-order valence-electron chi connectivity index (χ1n) is 9.37. The Labute approximate surface area is 160 Å². The number of nitrogens with one attached hydrogen (secondary N) is 2. The third kappa shape index (κ3) is 3.05. The number of carbonyl (C=O) groups excluding carboxylic acids is 4. The topological polar surface area (TPSA) is 122 Å². The molecule has 2 aliphatic heterocycles. The molecule has 4 amide bonds. The molecule has 148 valence electrons. The highest BCUT2D eigenvalue weighted by atomic mass is 19.1. The van der Waals surface area contributed by atoms with E-state index in [1.165, 1.54) is 6.07 Å². The van der Waals surface area contributed by atoms with E-state index in [2.05, 4.69) is 10.6 Å². The minimum atomic E-state index is -1.07. The Morgan fingerprint density at radius 1 is 1.14 bits per heavy atom. The quantitative estimate of drug-likeness (QED) is 0.659. The number of rotatable bonds is 4. The van der Waals surface area contributed by atoms with Crippen LogP contribution in [0.4, 0.5) is 10.1 Å². The van der Waals surface area contributed by atoms with Crippen molar-refractivity contribution in [1.82, 2.24) is 10.2 Å². The summed E-state index contributed by atoms with van der Waals surface area (Å²) in [6.45, 7) is 0.363. The normalized spacial score (nSPS) is 23.8. The van der Waals surface area contributed by atoms with Crippen molar-refractivity contribution in [3.63, 3.8) is 0 Å². The van der Waals surface area contributed by atoms with Crippen LogP contribution in [0.1, 0.15) is 59.2 Å². The number of hydrogen-bond donors (Lipinski definition) is 3. The van der Waals surface area contributed by atoms with Gasteiger partial charge in [0.05, 0.1) is 16.8 Å². The fraction of sp³-hybridized carbons (Fsp3) is 0.474. The summed E-state index contributed by atoms with van der Waals surface area (Å²) in [6.07, 6.45) is 3.82. The van der Waals surface area contributed by atoms with Crippen LogP contribution in [0.2, 0.25) is 0 Å². The smallest absolute Gasteiger partial charge is 0.262 e. The van der Waals surface area contributed by atoms with E-state index in [1.54, 1.807) is 0 Å². The number of nitrogens with two attached hydrogens (primary N) is 1. The van der Waals surface area contributed by atoms with Gasteiger partial charge in [-0.25, -0.2) is 4.39 Å². The Kier molecular flexibility index (Phi) is 4.41. The Balaban J connectivity index is 1.58. The van der Waals surface area contributed by atoms with Crippen LogP contribution in [0.3, 0.4) is 0 Å². The number of carbonyl (C=O) groups is 4. The lowest BCUT2D eigenvalue weighted by molar-refractivity contribution is -0.136. The van der Waals surface area contributed by atoms with Crippen LogP contribution >= 0.6 is 0 Å². The maximum absolute atomic E-state index is 14.5. The molecular weight excluding hydrogens is 367 g/mol. The van der Waals surface area contributed by atoms with Crippen molar-refractivity contribution >= 4 is 29.3 Å². The summed E-state index contributed by atoms with van der Waals surface area (Å²) in [5.74, 6) is -3.20. The van der Waals surface area contributed by atoms with E-state index in [1.807, 2.05) is 0 Å². The van der Waals surface area contributed by atoms with Gasteiger partial charge in [0.25, 0.3) is 11.8 Å². The predicted octanol–water partition coefficient (Wildman–Crippen LogP) is 0.910. The molecule has 1 saturated carbocycles. The molecule has 0 spiro atoms. The molecule has 0 aromatic heterocycles. The summed E-state index contributed by atoms with van der Waals surface area (Å²) >= 11 is 0. The first-order chi connectivity index (χ1) is 13.3. The van der Waals surface area contributed by atoms with E-state index in [0.717, 1.165) is 36.6 Å². The van der Waals surface area contributed by atoms with Crippen molar-refractivity contribution in [3.8, 4) is 0 Å². The number of hydrogen-bond acceptors (Lipinski definition) is 6. The van der Waals surface area contributed by atoms with Crippen molar-refractivity contribution in [2.24, 2.45) is 5.73 Å². The van der Waals surface area contributed by atoms with Crippen LogP contribution in [0.5, 0.6) is 0 Å². The van der Waals surface area contributed by atoms with E-state index in [0.29, 0.717) is 6.54 Å². The molecule has 28 heavy (non-hydrogen) atoms. The van der Waals surface area contributed by atoms with Crippen molar-refractivity contribution in [3.05, 3.63) is 29.1 Å². The molecule has 8 nitrogen and oxygen atoms in total. The first kappa shape index (κ1) is 18.5. The largest absolute Gasteiger partial charge is 0.381 e. The Hall–Kier alpha value is -2.81. The van der Waals surface area contributed by atoms with Gasteiger partial charge in [-0.1, -0.05) is 12.8 Å². The number of imide groups is 2. The molecule has 4 N–H and O–H groups in total. The van der Waals surface area contributed by atoms with E-state index in [4.69, 9.17) is 5.73 Å². The molecule has 0 radical (unpaired) electrons. The van der Waals surface area contributed by atoms with Crippen LogP contribution in [0.25, 0.3) is 0 Å². The lowest BCUT2D eigenvalue weighted by Crippen LogP contribution is -2.54. The highest BCUT2D eigenvalue weighted by Gasteiger charge is 2.45. The van der Waals surface area contributed by atoms with Gasteiger partial charge >= 0.3 is 0 Å². The van der Waals surface area contributed by atoms with Crippen LogP contribution in [-0.2, 0) is 9.59 Å². The minimum Gasteiger partial charge on any atom is -0.381 e. The lowest BCUT2D eigenvalue weighted by Gasteiger charge is -2.27. The average Bonchev–Trinajstić information content (AvgIpc) is 3.17. The van der Waals surface area contributed by atoms with E-state index in [-0.39, 0.29) is 29.7 Å². The first-order valence-corrected chi connectivity index (χ1v) is 9.37. The molecule has 1 aromatic rings. The van der Waals surface area contributed by atoms with Crippen molar-refractivity contribution in [1.29, 1.82) is 0 Å². The number of benzene rings is 1. The van der Waals surface area contributed by atoms with Gasteiger partial charge in [-0.15, -0.1) is 0 Å². The molecular formula is C19H21FN4O4. The highest BCUT2D eigenvalue weighted by molar-refractivity contribution is 6.23. The zero-order valence-electron chi connectivity index (χ0n) is 15.2. The Morgan fingerprint density at radius 2 is 1.79 bits per heavy atom. The molecule has 1 aromatic carbocycles. The molecule has 1 unspecified atom stereocenters. The zero-order chi connectivity index (χ0) is 20.1. The number of piperidine rings is 1. The van der Waals surface area contributed by atoms with Crippen LogP contribution in [-0.4, -0.2) is 46.7 Å². The second kappa shape index (κ2) is 6.66. The molecule has 1 saturated heterocycles. The highest BCUT2D eigenvalue weighted by Crippen LogP contribution is 2.32. The fourth-order valence-electron chi connectivity index (χ4n) is 4.15. The van der Waals surface area contributed by atoms with Crippen LogP contribution < -0.4 is 16.4 Å². The number of halogens is 1. The van der Waals surface area contributed by atoms with Gasteiger partial charge < -0.3 is 11.1 Å². The van der Waals surface area contributed by atoms with Gasteiger partial charge in [-0.3, -0.25) is 29.4 Å². The molecule has 3 aliphatic rings. The number of anilines is 1. The van der Waals surface area contributed by atoms with Crippen molar-refractivity contribution in [2.75, 3.05) is 11.9 Å². The summed E-state index contributed by atoms with van der Waals surface area (Å²) in [5.41, 5.74) is 5.92.